The predicted octanol–water partition coefficient (Wildman–Crippen LogP) is 2.78. The highest BCUT2D eigenvalue weighted by atomic mass is 19.4. The van der Waals surface area contributed by atoms with Crippen LogP contribution in [0.3, 0.4) is 0 Å². The van der Waals surface area contributed by atoms with E-state index in [0.29, 0.717) is 28.3 Å². The van der Waals surface area contributed by atoms with Crippen LogP contribution in [-0.2, 0) is 14.4 Å². The van der Waals surface area contributed by atoms with Crippen LogP contribution < -0.4 is 15.8 Å². The largest absolute Gasteiger partial charge is 0.491 e. The normalized spacial score (nSPS) is 11.3. The number of hydrogen-bond donors (Lipinski definition) is 7. The van der Waals surface area contributed by atoms with Crippen molar-refractivity contribution in [3.05, 3.63) is 65.2 Å². The van der Waals surface area contributed by atoms with Crippen LogP contribution in [0.2, 0.25) is 0 Å². The first-order valence-corrected chi connectivity index (χ1v) is 11.6. The molecule has 2 rings (SSSR count). The van der Waals surface area contributed by atoms with Gasteiger partial charge >= 0.3 is 30.3 Å². The summed E-state index contributed by atoms with van der Waals surface area (Å²) in [6, 6.07) is 12.3. The van der Waals surface area contributed by atoms with Gasteiger partial charge in [-0.3, -0.25) is 20.4 Å². The van der Waals surface area contributed by atoms with Gasteiger partial charge in [0.25, 0.3) is 5.91 Å². The van der Waals surface area contributed by atoms with Crippen molar-refractivity contribution in [2.45, 2.75) is 24.8 Å². The molecule has 0 aliphatic heterocycles. The lowest BCUT2D eigenvalue weighted by atomic mass is 10.1. The van der Waals surface area contributed by atoms with E-state index in [2.05, 4.69) is 5.32 Å². The lowest BCUT2D eigenvalue weighted by Gasteiger charge is -2.18. The second-order valence-corrected chi connectivity index (χ2v) is 8.45. The van der Waals surface area contributed by atoms with Gasteiger partial charge in [-0.25, -0.2) is 9.59 Å². The number of rotatable bonds is 9. The number of carboxylic acid groups (broad SMARTS) is 3. The Morgan fingerprint density at radius 1 is 0.864 bits per heavy atom. The molecule has 13 nitrogen and oxygen atoms in total. The minimum Gasteiger partial charge on any atom is -0.491 e. The van der Waals surface area contributed by atoms with Crippen LogP contribution in [0.1, 0.15) is 27.9 Å². The summed E-state index contributed by atoms with van der Waals surface area (Å²) < 4.78 is 69.1. The van der Waals surface area contributed by atoms with Crippen molar-refractivity contribution in [2.24, 2.45) is 5.73 Å². The molecule has 2 aromatic rings. The van der Waals surface area contributed by atoms with Gasteiger partial charge in [-0.15, -0.1) is 0 Å². The molecule has 0 spiro atoms. The summed E-state index contributed by atoms with van der Waals surface area (Å²) >= 11 is 0. The molecule has 0 saturated carbocycles. The molecule has 0 bridgehead atoms. The molecule has 1 atom stereocenters. The van der Waals surface area contributed by atoms with Crippen LogP contribution in [0.4, 0.5) is 26.3 Å². The number of amidine groups is 2. The van der Waals surface area contributed by atoms with E-state index in [1.54, 1.807) is 67.5 Å². The molecule has 0 unspecified atom stereocenters. The van der Waals surface area contributed by atoms with Crippen molar-refractivity contribution < 1.29 is 65.6 Å². The molecule has 19 heteroatoms. The molecule has 0 heterocycles. The average molecular weight is 640 g/mol. The Kier molecular flexibility index (Phi) is 14.9. The SMILES string of the molecule is CN(C)C(=N)c1ccc(C(=O)N[C@@H](COc2cccc(C(=N)N)c2)CC(=O)O)cc1.O=C(O)C(F)(F)F.O=C(O)C(F)(F)F. The molecule has 0 radical (unpaired) electrons. The van der Waals surface area contributed by atoms with E-state index in [9.17, 15) is 35.9 Å². The van der Waals surface area contributed by atoms with Gasteiger partial charge in [0.2, 0.25) is 0 Å². The maximum Gasteiger partial charge on any atom is 0.490 e. The number of ether oxygens (including phenoxy) is 1. The van der Waals surface area contributed by atoms with E-state index in [1.807, 2.05) is 0 Å². The Bertz CT molecular complexity index is 1310. The maximum absolute atomic E-state index is 12.5. The Hall–Kier alpha value is -5.36. The number of carbonyl (C=O) groups excluding carboxylic acids is 1. The Morgan fingerprint density at radius 3 is 1.70 bits per heavy atom. The number of nitrogens with two attached hydrogens (primary N) is 1. The molecule has 0 aliphatic rings. The third kappa shape index (κ3) is 15.0. The number of hydrogen-bond acceptors (Lipinski definition) is 7. The summed E-state index contributed by atoms with van der Waals surface area (Å²) in [6.07, 6.45) is -10.5. The number of alkyl halides is 6. The smallest absolute Gasteiger partial charge is 0.490 e. The van der Waals surface area contributed by atoms with Gasteiger partial charge in [0.05, 0.1) is 12.5 Å². The van der Waals surface area contributed by atoms with Crippen LogP contribution in [0.15, 0.2) is 48.5 Å². The number of aliphatic carboxylic acids is 3. The van der Waals surface area contributed by atoms with E-state index in [1.165, 1.54) is 0 Å². The average Bonchev–Trinajstić information content (AvgIpc) is 2.90. The van der Waals surface area contributed by atoms with Crippen LogP contribution >= 0.6 is 0 Å². The molecular formula is C25H27F6N5O8. The van der Waals surface area contributed by atoms with Gasteiger partial charge in [0, 0.05) is 30.8 Å². The molecule has 0 aromatic heterocycles. The minimum atomic E-state index is -5.08. The van der Waals surface area contributed by atoms with Crippen molar-refractivity contribution in [3.8, 4) is 5.75 Å². The number of carboxylic acids is 3. The number of nitrogens with zero attached hydrogens (tertiary/aromatic N) is 1. The Balaban J connectivity index is 0.00000109. The molecule has 0 fully saturated rings. The van der Waals surface area contributed by atoms with Crippen LogP contribution in [-0.4, -0.2) is 94.8 Å². The molecule has 0 aliphatic carbocycles. The quantitative estimate of drug-likeness (QED) is 0.121. The second-order valence-electron chi connectivity index (χ2n) is 8.45. The van der Waals surface area contributed by atoms with E-state index in [4.69, 9.17) is 46.2 Å². The van der Waals surface area contributed by atoms with Crippen molar-refractivity contribution in [1.82, 2.24) is 10.2 Å². The summed E-state index contributed by atoms with van der Waals surface area (Å²) in [5.74, 6) is -6.41. The summed E-state index contributed by atoms with van der Waals surface area (Å²) in [5, 5.41) is 41.5. The first kappa shape index (κ1) is 38.6. The number of benzene rings is 2. The van der Waals surface area contributed by atoms with E-state index in [0.717, 1.165) is 0 Å². The molecule has 0 saturated heterocycles. The number of nitrogens with one attached hydrogen (secondary N) is 3. The standard InChI is InChI=1S/C21H25N5O4.2C2HF3O2/c1-26(2)20(24)13-6-8-14(9-7-13)21(29)25-16(11-18(27)28)12-30-17-5-3-4-15(10-17)19(22)23;2*3-2(4,5)1(6)7/h3-10,16,24H,11-12H2,1-2H3,(H3,22,23)(H,25,29)(H,27,28);2*(H,6,7)/t16-;;/m1../s1. The molecule has 44 heavy (non-hydrogen) atoms. The highest BCUT2D eigenvalue weighted by Gasteiger charge is 2.38. The minimum absolute atomic E-state index is 0.0667. The summed E-state index contributed by atoms with van der Waals surface area (Å²) in [6.45, 7) is -0.0667. The topological polar surface area (TPSA) is 227 Å². The molecule has 8 N–H and O–H groups in total. The molecule has 2 aromatic carbocycles. The molecule has 242 valence electrons. The van der Waals surface area contributed by atoms with E-state index >= 15 is 0 Å². The van der Waals surface area contributed by atoms with Crippen molar-refractivity contribution in [1.29, 1.82) is 10.8 Å². The zero-order valence-electron chi connectivity index (χ0n) is 22.8. The molecule has 1 amide bonds. The van der Waals surface area contributed by atoms with Gasteiger partial charge < -0.3 is 36.0 Å². The van der Waals surface area contributed by atoms with Crippen molar-refractivity contribution >= 4 is 35.5 Å². The number of carbonyl (C=O) groups is 4. The van der Waals surface area contributed by atoms with Gasteiger partial charge in [-0.2, -0.15) is 26.3 Å². The van der Waals surface area contributed by atoms with E-state index in [-0.39, 0.29) is 18.9 Å². The first-order valence-electron chi connectivity index (χ1n) is 11.6. The third-order valence-electron chi connectivity index (χ3n) is 4.71. The molecular weight excluding hydrogens is 612 g/mol. The fourth-order valence-electron chi connectivity index (χ4n) is 2.62. The monoisotopic (exact) mass is 639 g/mol. The number of amides is 1. The van der Waals surface area contributed by atoms with Gasteiger partial charge in [-0.05, 0) is 24.3 Å². The number of nitrogen functional groups attached to an aromatic ring is 1. The Labute approximate surface area is 244 Å². The van der Waals surface area contributed by atoms with Crippen molar-refractivity contribution in [2.75, 3.05) is 20.7 Å². The summed E-state index contributed by atoms with van der Waals surface area (Å²) in [5.41, 5.74) is 6.94. The second kappa shape index (κ2) is 16.9. The van der Waals surface area contributed by atoms with Gasteiger partial charge in [-0.1, -0.05) is 24.3 Å². The fraction of sp³-hybridized carbons (Fsp3) is 0.280. The van der Waals surface area contributed by atoms with Crippen LogP contribution in [0.25, 0.3) is 0 Å². The van der Waals surface area contributed by atoms with Crippen LogP contribution in [0.5, 0.6) is 5.75 Å². The zero-order valence-corrected chi connectivity index (χ0v) is 22.8. The highest BCUT2D eigenvalue weighted by molar-refractivity contribution is 5.99. The van der Waals surface area contributed by atoms with Crippen LogP contribution in [0, 0.1) is 10.8 Å². The van der Waals surface area contributed by atoms with Crippen molar-refractivity contribution in [3.63, 3.8) is 0 Å². The predicted molar refractivity (Wildman–Crippen MR) is 141 cm³/mol. The maximum atomic E-state index is 12.5. The van der Waals surface area contributed by atoms with E-state index < -0.39 is 42.2 Å². The number of halogens is 6. The summed E-state index contributed by atoms with van der Waals surface area (Å²) in [4.78, 5) is 43.2. The summed E-state index contributed by atoms with van der Waals surface area (Å²) in [7, 11) is 3.51. The fourth-order valence-corrected chi connectivity index (χ4v) is 2.62. The van der Waals surface area contributed by atoms with Gasteiger partial charge in [0.15, 0.2) is 0 Å². The third-order valence-corrected chi connectivity index (χ3v) is 4.71. The highest BCUT2D eigenvalue weighted by Crippen LogP contribution is 2.15. The Morgan fingerprint density at radius 2 is 1.32 bits per heavy atom. The zero-order chi connectivity index (χ0) is 34.4. The first-order chi connectivity index (χ1) is 20.1. The lowest BCUT2D eigenvalue weighted by molar-refractivity contribution is -0.193. The van der Waals surface area contributed by atoms with Gasteiger partial charge in [0.1, 0.15) is 24.0 Å². The lowest BCUT2D eigenvalue weighted by Crippen LogP contribution is -2.40.